The van der Waals surface area contributed by atoms with Gasteiger partial charge in [-0.15, -0.1) is 0 Å². The second-order valence-electron chi connectivity index (χ2n) is 7.79. The van der Waals surface area contributed by atoms with Crippen LogP contribution in [0.4, 0.5) is 5.69 Å². The molecular formula is C24H31N3O6S. The van der Waals surface area contributed by atoms with Crippen molar-refractivity contribution in [3.63, 3.8) is 0 Å². The standard InChI is InChI=1S/C24H31N3O6S/c1-5-27(6-2)34(31,32)21-12-10-18(11-13-21)24(30)25-15-23(29)33-16-22(28)26-20-9-7-8-19(14-20)17(3)4/h7-14,17H,5-6,15-16H2,1-4H3,(H,25,30)(H,26,28). The summed E-state index contributed by atoms with van der Waals surface area (Å²) in [5, 5.41) is 5.05. The lowest BCUT2D eigenvalue weighted by Gasteiger charge is -2.18. The molecule has 0 aliphatic rings. The van der Waals surface area contributed by atoms with Crippen LogP contribution in [0, 0.1) is 0 Å². The van der Waals surface area contributed by atoms with Gasteiger partial charge in [0.25, 0.3) is 11.8 Å². The van der Waals surface area contributed by atoms with Crippen LogP contribution in [-0.2, 0) is 24.3 Å². The van der Waals surface area contributed by atoms with Crippen molar-refractivity contribution in [2.75, 3.05) is 31.6 Å². The third kappa shape index (κ3) is 7.39. The van der Waals surface area contributed by atoms with Gasteiger partial charge in [0.15, 0.2) is 6.61 Å². The van der Waals surface area contributed by atoms with Gasteiger partial charge in [-0.2, -0.15) is 4.31 Å². The van der Waals surface area contributed by atoms with Crippen molar-refractivity contribution in [1.82, 2.24) is 9.62 Å². The number of hydrogen-bond donors (Lipinski definition) is 2. The van der Waals surface area contributed by atoms with Gasteiger partial charge in [-0.1, -0.05) is 39.8 Å². The fourth-order valence-electron chi connectivity index (χ4n) is 3.12. The first-order valence-electron chi connectivity index (χ1n) is 11.0. The van der Waals surface area contributed by atoms with Crippen LogP contribution in [0.5, 0.6) is 0 Å². The molecule has 0 aliphatic carbocycles. The first-order chi connectivity index (χ1) is 16.1. The largest absolute Gasteiger partial charge is 0.454 e. The SMILES string of the molecule is CCN(CC)S(=O)(=O)c1ccc(C(=O)NCC(=O)OCC(=O)Nc2cccc(C(C)C)c2)cc1. The summed E-state index contributed by atoms with van der Waals surface area (Å²) in [6.45, 7) is 7.33. The van der Waals surface area contributed by atoms with Crippen LogP contribution in [0.2, 0.25) is 0 Å². The van der Waals surface area contributed by atoms with Gasteiger partial charge < -0.3 is 15.4 Å². The van der Waals surface area contributed by atoms with Crippen molar-refractivity contribution in [2.45, 2.75) is 38.5 Å². The molecule has 9 nitrogen and oxygen atoms in total. The second kappa shape index (κ2) is 12.3. The normalized spacial score (nSPS) is 11.4. The van der Waals surface area contributed by atoms with Crippen molar-refractivity contribution in [2.24, 2.45) is 0 Å². The quantitative estimate of drug-likeness (QED) is 0.468. The first-order valence-corrected chi connectivity index (χ1v) is 12.5. The minimum absolute atomic E-state index is 0.0807. The van der Waals surface area contributed by atoms with Crippen LogP contribution < -0.4 is 10.6 Å². The molecule has 10 heteroatoms. The Labute approximate surface area is 200 Å². The number of rotatable bonds is 11. The van der Waals surface area contributed by atoms with Crippen LogP contribution in [0.1, 0.15) is 49.5 Å². The van der Waals surface area contributed by atoms with E-state index in [1.807, 2.05) is 32.0 Å². The van der Waals surface area contributed by atoms with E-state index in [-0.39, 0.29) is 10.5 Å². The Morgan fingerprint density at radius 3 is 2.24 bits per heavy atom. The van der Waals surface area contributed by atoms with Crippen LogP contribution in [0.3, 0.4) is 0 Å². The number of carbonyl (C=O) groups excluding carboxylic acids is 3. The lowest BCUT2D eigenvalue weighted by atomic mass is 10.0. The number of nitrogens with one attached hydrogen (secondary N) is 2. The summed E-state index contributed by atoms with van der Waals surface area (Å²) in [6.07, 6.45) is 0. The van der Waals surface area contributed by atoms with Crippen LogP contribution in [0.15, 0.2) is 53.4 Å². The number of benzene rings is 2. The third-order valence-corrected chi connectivity index (χ3v) is 7.12. The summed E-state index contributed by atoms with van der Waals surface area (Å²) in [5.41, 5.74) is 1.86. The van der Waals surface area contributed by atoms with E-state index in [4.69, 9.17) is 4.74 Å². The number of amides is 2. The molecule has 2 rings (SSSR count). The first kappa shape index (κ1) is 27.0. The molecule has 0 heterocycles. The molecule has 0 fully saturated rings. The molecule has 0 bridgehead atoms. The summed E-state index contributed by atoms with van der Waals surface area (Å²) in [7, 11) is -3.62. The average Bonchev–Trinajstić information content (AvgIpc) is 2.82. The molecule has 2 N–H and O–H groups in total. The number of ether oxygens (including phenoxy) is 1. The van der Waals surface area contributed by atoms with E-state index in [9.17, 15) is 22.8 Å². The monoisotopic (exact) mass is 489 g/mol. The molecule has 0 saturated carbocycles. The van der Waals surface area contributed by atoms with Gasteiger partial charge in [0.2, 0.25) is 10.0 Å². The van der Waals surface area contributed by atoms with Crippen molar-refractivity contribution >= 4 is 33.5 Å². The number of sulfonamides is 1. The summed E-state index contributed by atoms with van der Waals surface area (Å²) in [6, 6.07) is 12.8. The summed E-state index contributed by atoms with van der Waals surface area (Å²) in [5.74, 6) is -1.54. The summed E-state index contributed by atoms with van der Waals surface area (Å²) in [4.78, 5) is 36.3. The van der Waals surface area contributed by atoms with Crippen molar-refractivity contribution in [1.29, 1.82) is 0 Å². The highest BCUT2D eigenvalue weighted by Gasteiger charge is 2.21. The minimum Gasteiger partial charge on any atom is -0.454 e. The predicted molar refractivity (Wildman–Crippen MR) is 129 cm³/mol. The van der Waals surface area contributed by atoms with Gasteiger partial charge in [0.1, 0.15) is 6.54 Å². The highest BCUT2D eigenvalue weighted by Crippen LogP contribution is 2.18. The molecule has 0 aliphatic heterocycles. The molecule has 0 radical (unpaired) electrons. The number of anilines is 1. The third-order valence-electron chi connectivity index (χ3n) is 5.05. The van der Waals surface area contributed by atoms with Crippen molar-refractivity contribution < 1.29 is 27.5 Å². The lowest BCUT2D eigenvalue weighted by molar-refractivity contribution is -0.146. The van der Waals surface area contributed by atoms with Crippen molar-refractivity contribution in [3.05, 3.63) is 59.7 Å². The summed E-state index contributed by atoms with van der Waals surface area (Å²) >= 11 is 0. The van der Waals surface area contributed by atoms with E-state index in [0.29, 0.717) is 24.7 Å². The van der Waals surface area contributed by atoms with Crippen LogP contribution >= 0.6 is 0 Å². The van der Waals surface area contributed by atoms with E-state index >= 15 is 0 Å². The molecule has 0 atom stereocenters. The van der Waals surface area contributed by atoms with Gasteiger partial charge in [-0.25, -0.2) is 8.42 Å². The second-order valence-corrected chi connectivity index (χ2v) is 9.72. The highest BCUT2D eigenvalue weighted by molar-refractivity contribution is 7.89. The van der Waals surface area contributed by atoms with Crippen molar-refractivity contribution in [3.8, 4) is 0 Å². The Hall–Kier alpha value is -3.24. The van der Waals surface area contributed by atoms with E-state index in [1.165, 1.54) is 28.6 Å². The highest BCUT2D eigenvalue weighted by atomic mass is 32.2. The molecule has 2 aromatic rings. The van der Waals surface area contributed by atoms with Crippen LogP contribution in [0.25, 0.3) is 0 Å². The molecular weight excluding hydrogens is 458 g/mol. The topological polar surface area (TPSA) is 122 Å². The van der Waals surface area contributed by atoms with E-state index < -0.39 is 41.0 Å². The zero-order valence-corrected chi connectivity index (χ0v) is 20.6. The maximum Gasteiger partial charge on any atom is 0.325 e. The number of esters is 1. The van der Waals surface area contributed by atoms with Gasteiger partial charge in [0.05, 0.1) is 4.90 Å². The number of carbonyl (C=O) groups is 3. The van der Waals surface area contributed by atoms with Gasteiger partial charge in [-0.05, 0) is 47.9 Å². The van der Waals surface area contributed by atoms with E-state index in [2.05, 4.69) is 10.6 Å². The average molecular weight is 490 g/mol. The molecule has 2 aromatic carbocycles. The lowest BCUT2D eigenvalue weighted by Crippen LogP contribution is -2.32. The minimum atomic E-state index is -3.62. The zero-order valence-electron chi connectivity index (χ0n) is 19.8. The maximum absolute atomic E-state index is 12.5. The molecule has 0 aromatic heterocycles. The smallest absolute Gasteiger partial charge is 0.325 e. The zero-order chi connectivity index (χ0) is 25.3. The van der Waals surface area contributed by atoms with Gasteiger partial charge in [0, 0.05) is 24.3 Å². The fraction of sp³-hybridized carbons (Fsp3) is 0.375. The number of hydrogen-bond acceptors (Lipinski definition) is 6. The van der Waals surface area contributed by atoms with E-state index in [1.54, 1.807) is 19.9 Å². The molecule has 0 unspecified atom stereocenters. The van der Waals surface area contributed by atoms with Gasteiger partial charge >= 0.3 is 5.97 Å². The Balaban J connectivity index is 1.83. The molecule has 0 spiro atoms. The Kier molecular flexibility index (Phi) is 9.76. The van der Waals surface area contributed by atoms with Gasteiger partial charge in [-0.3, -0.25) is 14.4 Å². The Morgan fingerprint density at radius 2 is 1.65 bits per heavy atom. The maximum atomic E-state index is 12.5. The van der Waals surface area contributed by atoms with Crippen LogP contribution in [-0.4, -0.2) is 56.7 Å². The summed E-state index contributed by atoms with van der Waals surface area (Å²) < 4.78 is 31.2. The molecule has 34 heavy (non-hydrogen) atoms. The fourth-order valence-corrected chi connectivity index (χ4v) is 4.57. The predicted octanol–water partition coefficient (Wildman–Crippen LogP) is 2.75. The number of nitrogens with zero attached hydrogens (tertiary/aromatic N) is 1. The molecule has 2 amide bonds. The molecule has 0 saturated heterocycles. The Bertz CT molecular complexity index is 1110. The van der Waals surface area contributed by atoms with E-state index in [0.717, 1.165) is 5.56 Å². The molecule has 184 valence electrons. The Morgan fingerprint density at radius 1 is 1.00 bits per heavy atom.